The number of halogens is 1. The lowest BCUT2D eigenvalue weighted by molar-refractivity contribution is -0.119. The first-order chi connectivity index (χ1) is 14.9. The number of hydrogen-bond donors (Lipinski definition) is 1. The summed E-state index contributed by atoms with van der Waals surface area (Å²) in [6.07, 6.45) is 0. The van der Waals surface area contributed by atoms with E-state index >= 15 is 0 Å². The first-order valence-corrected chi connectivity index (χ1v) is 11.8. The normalized spacial score (nSPS) is 15.2. The molecule has 3 rings (SSSR count). The van der Waals surface area contributed by atoms with E-state index in [4.69, 9.17) is 16.3 Å². The average molecular weight is 464 g/mol. The fourth-order valence-corrected chi connectivity index (χ4v) is 4.08. The minimum atomic E-state index is -0.0237. The zero-order valence-corrected chi connectivity index (χ0v) is 20.0. The number of hydrogen-bond acceptors (Lipinski definition) is 7. The quantitative estimate of drug-likeness (QED) is 0.363. The van der Waals surface area contributed by atoms with Gasteiger partial charge in [-0.1, -0.05) is 37.2 Å². The molecule has 9 heteroatoms. The van der Waals surface area contributed by atoms with Gasteiger partial charge in [0.1, 0.15) is 16.7 Å². The molecule has 1 aromatic carbocycles. The Balaban J connectivity index is 1.57. The lowest BCUT2D eigenvalue weighted by Gasteiger charge is -2.36. The molecule has 0 radical (unpaired) electrons. The van der Waals surface area contributed by atoms with Crippen molar-refractivity contribution in [3.63, 3.8) is 0 Å². The summed E-state index contributed by atoms with van der Waals surface area (Å²) in [6.45, 7) is 9.59. The Bertz CT molecular complexity index is 873. The van der Waals surface area contributed by atoms with Crippen molar-refractivity contribution in [3.05, 3.63) is 35.5 Å². The van der Waals surface area contributed by atoms with Gasteiger partial charge in [0.15, 0.2) is 5.16 Å². The Labute approximate surface area is 193 Å². The molecule has 0 aliphatic carbocycles. The van der Waals surface area contributed by atoms with E-state index in [0.717, 1.165) is 37.7 Å². The van der Waals surface area contributed by atoms with Crippen molar-refractivity contribution < 1.29 is 9.53 Å². The van der Waals surface area contributed by atoms with Crippen LogP contribution in [0.3, 0.4) is 0 Å². The lowest BCUT2D eigenvalue weighted by atomic mass is 10.1. The van der Waals surface area contributed by atoms with E-state index in [1.165, 1.54) is 17.4 Å². The first-order valence-electron chi connectivity index (χ1n) is 10.5. The molecule has 0 bridgehead atoms. The van der Waals surface area contributed by atoms with Crippen LogP contribution in [0.15, 0.2) is 35.5 Å². The number of amides is 1. The van der Waals surface area contributed by atoms with Crippen LogP contribution in [0.25, 0.3) is 0 Å². The van der Waals surface area contributed by atoms with Crippen LogP contribution in [0, 0.1) is 5.92 Å². The molecule has 1 aliphatic rings. The lowest BCUT2D eigenvalue weighted by Crippen LogP contribution is -2.46. The molecule has 0 saturated carbocycles. The SMILES string of the molecule is COc1ccc(N2CCN(c3cc(Cl)nc(SCC(=O)NC(C)C(C)C)n3)CC2)cc1. The van der Waals surface area contributed by atoms with Gasteiger partial charge in [-0.05, 0) is 37.1 Å². The number of ether oxygens (including phenoxy) is 1. The van der Waals surface area contributed by atoms with Crippen LogP contribution in [0.4, 0.5) is 11.5 Å². The summed E-state index contributed by atoms with van der Waals surface area (Å²) in [4.78, 5) is 25.6. The highest BCUT2D eigenvalue weighted by molar-refractivity contribution is 7.99. The Morgan fingerprint density at radius 1 is 1.13 bits per heavy atom. The molecule has 2 heterocycles. The maximum atomic E-state index is 12.2. The predicted octanol–water partition coefficient (Wildman–Crippen LogP) is 3.72. The number of piperazine rings is 1. The third-order valence-electron chi connectivity index (χ3n) is 5.42. The standard InChI is InChI=1S/C22H30ClN5O2S/c1-15(2)16(3)24-21(29)14-31-22-25-19(23)13-20(26-22)28-11-9-27(10-12-28)17-5-7-18(30-4)8-6-17/h5-8,13,15-16H,9-12,14H2,1-4H3,(H,24,29). The smallest absolute Gasteiger partial charge is 0.230 e. The number of rotatable bonds is 8. The van der Waals surface area contributed by atoms with E-state index < -0.39 is 0 Å². The zero-order chi connectivity index (χ0) is 22.4. The fraction of sp³-hybridized carbons (Fsp3) is 0.500. The van der Waals surface area contributed by atoms with E-state index in [2.05, 4.69) is 51.1 Å². The number of benzene rings is 1. The van der Waals surface area contributed by atoms with Crippen LogP contribution in [-0.2, 0) is 4.79 Å². The molecule has 168 valence electrons. The Morgan fingerprint density at radius 3 is 2.39 bits per heavy atom. The number of aromatic nitrogens is 2. The highest BCUT2D eigenvalue weighted by atomic mass is 35.5. The van der Waals surface area contributed by atoms with Gasteiger partial charge < -0.3 is 19.9 Å². The third-order valence-corrected chi connectivity index (χ3v) is 6.46. The second-order valence-electron chi connectivity index (χ2n) is 7.89. The molecule has 31 heavy (non-hydrogen) atoms. The molecule has 1 N–H and O–H groups in total. The summed E-state index contributed by atoms with van der Waals surface area (Å²) < 4.78 is 5.24. The van der Waals surface area contributed by atoms with E-state index in [0.29, 0.717) is 16.2 Å². The topological polar surface area (TPSA) is 70.6 Å². The van der Waals surface area contributed by atoms with E-state index in [1.54, 1.807) is 13.2 Å². The van der Waals surface area contributed by atoms with Crippen LogP contribution < -0.4 is 19.9 Å². The molecule has 7 nitrogen and oxygen atoms in total. The highest BCUT2D eigenvalue weighted by Crippen LogP contribution is 2.25. The van der Waals surface area contributed by atoms with Gasteiger partial charge in [0.2, 0.25) is 5.91 Å². The van der Waals surface area contributed by atoms with Crippen molar-refractivity contribution in [2.75, 3.05) is 48.8 Å². The molecule has 1 atom stereocenters. The van der Waals surface area contributed by atoms with Crippen molar-refractivity contribution in [2.24, 2.45) is 5.92 Å². The highest BCUT2D eigenvalue weighted by Gasteiger charge is 2.20. The number of methoxy groups -OCH3 is 1. The molecule has 1 saturated heterocycles. The van der Waals surface area contributed by atoms with Gasteiger partial charge in [0, 0.05) is 44.0 Å². The number of thioether (sulfide) groups is 1. The van der Waals surface area contributed by atoms with Crippen LogP contribution in [0.5, 0.6) is 5.75 Å². The third kappa shape index (κ3) is 6.64. The van der Waals surface area contributed by atoms with Gasteiger partial charge in [-0.15, -0.1) is 0 Å². The monoisotopic (exact) mass is 463 g/mol. The minimum Gasteiger partial charge on any atom is -0.497 e. The van der Waals surface area contributed by atoms with Crippen molar-refractivity contribution in [2.45, 2.75) is 32.0 Å². The number of anilines is 2. The fourth-order valence-electron chi connectivity index (χ4n) is 3.19. The van der Waals surface area contributed by atoms with E-state index in [1.807, 2.05) is 19.1 Å². The molecule has 1 aliphatic heterocycles. The molecule has 1 fully saturated rings. The predicted molar refractivity (Wildman–Crippen MR) is 128 cm³/mol. The second-order valence-corrected chi connectivity index (χ2v) is 9.22. The summed E-state index contributed by atoms with van der Waals surface area (Å²) in [5.74, 6) is 2.29. The number of carbonyl (C=O) groups is 1. The van der Waals surface area contributed by atoms with Crippen molar-refractivity contribution in [1.82, 2.24) is 15.3 Å². The van der Waals surface area contributed by atoms with Crippen molar-refractivity contribution in [3.8, 4) is 5.75 Å². The van der Waals surface area contributed by atoms with Crippen LogP contribution in [0.2, 0.25) is 5.15 Å². The molecule has 1 amide bonds. The van der Waals surface area contributed by atoms with Gasteiger partial charge in [0.25, 0.3) is 0 Å². The second kappa shape index (κ2) is 10.9. The Morgan fingerprint density at radius 2 is 1.77 bits per heavy atom. The van der Waals surface area contributed by atoms with E-state index in [9.17, 15) is 4.79 Å². The summed E-state index contributed by atoms with van der Waals surface area (Å²) in [7, 11) is 1.67. The number of nitrogens with zero attached hydrogens (tertiary/aromatic N) is 4. The van der Waals surface area contributed by atoms with Crippen molar-refractivity contribution in [1.29, 1.82) is 0 Å². The molecule has 1 unspecified atom stereocenters. The van der Waals surface area contributed by atoms with Gasteiger partial charge in [-0.2, -0.15) is 0 Å². The molecule has 0 spiro atoms. The van der Waals surface area contributed by atoms with Crippen molar-refractivity contribution >= 4 is 40.8 Å². The molecular formula is C22H30ClN5O2S. The van der Waals surface area contributed by atoms with Crippen LogP contribution in [0.1, 0.15) is 20.8 Å². The van der Waals surface area contributed by atoms with Gasteiger partial charge in [-0.3, -0.25) is 4.79 Å². The Hall–Kier alpha value is -2.19. The molecule has 1 aromatic heterocycles. The number of nitrogens with one attached hydrogen (secondary N) is 1. The number of carbonyl (C=O) groups excluding carboxylic acids is 1. The minimum absolute atomic E-state index is 0.0237. The summed E-state index contributed by atoms with van der Waals surface area (Å²) in [6, 6.07) is 10.0. The average Bonchev–Trinajstić information content (AvgIpc) is 2.77. The summed E-state index contributed by atoms with van der Waals surface area (Å²) >= 11 is 7.56. The molecular weight excluding hydrogens is 434 g/mol. The Kier molecular flexibility index (Phi) is 8.26. The molecule has 2 aromatic rings. The first kappa shape index (κ1) is 23.5. The van der Waals surface area contributed by atoms with E-state index in [-0.39, 0.29) is 17.7 Å². The maximum Gasteiger partial charge on any atom is 0.230 e. The van der Waals surface area contributed by atoms with Gasteiger partial charge >= 0.3 is 0 Å². The maximum absolute atomic E-state index is 12.2. The largest absolute Gasteiger partial charge is 0.497 e. The van der Waals surface area contributed by atoms with Gasteiger partial charge in [0.05, 0.1) is 12.9 Å². The summed E-state index contributed by atoms with van der Waals surface area (Å²) in [5, 5.41) is 3.91. The zero-order valence-electron chi connectivity index (χ0n) is 18.5. The van der Waals surface area contributed by atoms with Crippen LogP contribution >= 0.6 is 23.4 Å². The van der Waals surface area contributed by atoms with Gasteiger partial charge in [-0.25, -0.2) is 9.97 Å². The van der Waals surface area contributed by atoms with Crippen LogP contribution in [-0.4, -0.2) is 61.0 Å². The summed E-state index contributed by atoms with van der Waals surface area (Å²) in [5.41, 5.74) is 1.18.